The first kappa shape index (κ1) is 48.5. The normalized spacial score (nSPS) is 16.5. The van der Waals surface area contributed by atoms with Crippen molar-refractivity contribution in [2.45, 2.75) is 97.2 Å². The topological polar surface area (TPSA) is 105 Å². The van der Waals surface area contributed by atoms with Gasteiger partial charge in [-0.05, 0) is 88.2 Å². The number of carbonyl (C=O) groups is 4. The second kappa shape index (κ2) is 20.9. The summed E-state index contributed by atoms with van der Waals surface area (Å²) in [6.07, 6.45) is 18.6. The predicted octanol–water partition coefficient (Wildman–Crippen LogP) is 15.2. The monoisotopic (exact) mass is 1050 g/mol. The van der Waals surface area contributed by atoms with Crippen LogP contribution in [-0.2, 0) is 13.1 Å². The van der Waals surface area contributed by atoms with Gasteiger partial charge in [0, 0.05) is 44.8 Å². The van der Waals surface area contributed by atoms with Gasteiger partial charge in [-0.25, -0.2) is 0 Å². The molecule has 6 aromatic rings. The molecule has 17 heteroatoms. The van der Waals surface area contributed by atoms with Crippen molar-refractivity contribution in [2.24, 2.45) is 0 Å². The fraction of sp³-hybridized carbons (Fsp3) is 0.373. The molecule has 0 unspecified atom stereocenters. The number of carbonyl (C=O) groups excluding carboxylic acids is 4. The van der Waals surface area contributed by atoms with E-state index in [1.165, 1.54) is 30.3 Å². The third kappa shape index (κ3) is 8.74. The molecule has 4 aliphatic heterocycles. The Kier molecular flexibility index (Phi) is 14.9. The summed E-state index contributed by atoms with van der Waals surface area (Å²) in [6.45, 7) is 5.03. The van der Waals surface area contributed by atoms with Crippen LogP contribution in [-0.4, -0.2) is 79.0 Å². The van der Waals surface area contributed by atoms with Gasteiger partial charge in [-0.3, -0.25) is 33.7 Å². The number of benzene rings is 5. The maximum absolute atomic E-state index is 14.6. The largest absolute Gasteiger partial charge is 0.271 e. The molecule has 9 nitrogen and oxygen atoms in total. The van der Waals surface area contributed by atoms with E-state index in [0.717, 1.165) is 102 Å². The quantitative estimate of drug-likeness (QED) is 0.0313. The molecule has 0 bridgehead atoms. The highest BCUT2D eigenvalue weighted by atomic mass is 32.3. The van der Waals surface area contributed by atoms with Crippen molar-refractivity contribution in [1.82, 2.24) is 24.8 Å². The lowest BCUT2D eigenvalue weighted by atomic mass is 9.82. The molecule has 4 amide bonds. The van der Waals surface area contributed by atoms with Crippen LogP contribution in [0.4, 0.5) is 0 Å². The molecular weight excluding hydrogens is 1000 g/mol. The SMILES string of the molecule is CCCCCCC(CCCCCC)N1C(=O)c2ccc3c4ccc5c6c(ccc(c7ccc(c2c37)C1=O)c64)C(=O)N(Cc1cn(CCSC2=C(SC)SC(=C3SC(SC)=C(SC)S3)S2)nn1)C5=O. The molecule has 5 aromatic carbocycles. The molecule has 0 N–H and O–H groups in total. The third-order valence-corrected chi connectivity index (χ3v) is 24.3. The van der Waals surface area contributed by atoms with Crippen molar-refractivity contribution in [3.8, 4) is 0 Å². The lowest BCUT2D eigenvalue weighted by molar-refractivity contribution is 0.0514. The van der Waals surface area contributed by atoms with Gasteiger partial charge < -0.3 is 0 Å². The average Bonchev–Trinajstić information content (AvgIpc) is 4.11. The number of hydrogen-bond acceptors (Lipinski definition) is 14. The molecule has 4 aliphatic rings. The Morgan fingerprint density at radius 1 is 0.544 bits per heavy atom. The molecule has 0 saturated carbocycles. The number of aryl methyl sites for hydroxylation is 1. The second-order valence-electron chi connectivity index (χ2n) is 17.2. The van der Waals surface area contributed by atoms with Crippen molar-refractivity contribution in [3.63, 3.8) is 0 Å². The molecule has 352 valence electrons. The van der Waals surface area contributed by atoms with Gasteiger partial charge >= 0.3 is 0 Å². The van der Waals surface area contributed by atoms with Gasteiger partial charge in [-0.1, -0.05) is 142 Å². The van der Waals surface area contributed by atoms with Crippen molar-refractivity contribution >= 4 is 161 Å². The first-order valence-corrected chi connectivity index (χ1v) is 31.1. The van der Waals surface area contributed by atoms with E-state index in [-0.39, 0.29) is 36.2 Å². The molecule has 0 radical (unpaired) electrons. The van der Waals surface area contributed by atoms with E-state index in [1.54, 1.807) is 21.3 Å². The van der Waals surface area contributed by atoms with Crippen LogP contribution in [0.15, 0.2) is 80.2 Å². The van der Waals surface area contributed by atoms with Crippen LogP contribution in [0.5, 0.6) is 0 Å². The van der Waals surface area contributed by atoms with E-state index in [1.807, 2.05) is 137 Å². The Morgan fingerprint density at radius 2 is 0.985 bits per heavy atom. The van der Waals surface area contributed by atoms with E-state index >= 15 is 0 Å². The number of amides is 4. The van der Waals surface area contributed by atoms with Gasteiger partial charge in [0.05, 0.1) is 44.7 Å². The number of thioether (sulfide) groups is 8. The average molecular weight is 1050 g/mol. The minimum Gasteiger partial charge on any atom is -0.271 e. The highest BCUT2D eigenvalue weighted by Gasteiger charge is 2.40. The van der Waals surface area contributed by atoms with Crippen LogP contribution in [0.1, 0.15) is 125 Å². The Morgan fingerprint density at radius 3 is 1.44 bits per heavy atom. The van der Waals surface area contributed by atoms with Gasteiger partial charge in [0.1, 0.15) is 5.69 Å². The van der Waals surface area contributed by atoms with Crippen molar-refractivity contribution in [1.29, 1.82) is 0 Å². The van der Waals surface area contributed by atoms with Crippen molar-refractivity contribution in [3.05, 3.63) is 108 Å². The molecular formula is C51H51N5O4S8. The molecule has 0 saturated heterocycles. The van der Waals surface area contributed by atoms with Gasteiger partial charge in [-0.15, -0.1) is 52.1 Å². The highest BCUT2D eigenvalue weighted by Crippen LogP contribution is 2.65. The maximum atomic E-state index is 14.6. The summed E-state index contributed by atoms with van der Waals surface area (Å²) in [5.41, 5.74) is 2.58. The Labute approximate surface area is 431 Å². The Bertz CT molecular complexity index is 2990. The van der Waals surface area contributed by atoms with Crippen LogP contribution in [0.25, 0.3) is 43.1 Å². The zero-order valence-electron chi connectivity index (χ0n) is 38.6. The van der Waals surface area contributed by atoms with Crippen LogP contribution in [0.2, 0.25) is 0 Å². The summed E-state index contributed by atoms with van der Waals surface area (Å²) in [5, 5.41) is 15.4. The predicted molar refractivity (Wildman–Crippen MR) is 298 cm³/mol. The van der Waals surface area contributed by atoms with E-state index in [0.29, 0.717) is 45.3 Å². The zero-order chi connectivity index (χ0) is 47.2. The summed E-state index contributed by atoms with van der Waals surface area (Å²) in [7, 11) is 0. The van der Waals surface area contributed by atoms with Crippen molar-refractivity contribution in [2.75, 3.05) is 24.5 Å². The number of fused-ring (bicyclic) bond motifs is 2. The summed E-state index contributed by atoms with van der Waals surface area (Å²) < 4.78 is 9.89. The highest BCUT2D eigenvalue weighted by molar-refractivity contribution is 8.45. The Balaban J connectivity index is 0.883. The van der Waals surface area contributed by atoms with Gasteiger partial charge in [0.15, 0.2) is 0 Å². The van der Waals surface area contributed by atoms with E-state index < -0.39 is 0 Å². The van der Waals surface area contributed by atoms with E-state index in [4.69, 9.17) is 0 Å². The summed E-state index contributed by atoms with van der Waals surface area (Å²) in [6, 6.07) is 15.2. The van der Waals surface area contributed by atoms with E-state index in [9.17, 15) is 19.2 Å². The zero-order valence-corrected chi connectivity index (χ0v) is 45.1. The van der Waals surface area contributed by atoms with Crippen LogP contribution in [0.3, 0.4) is 0 Å². The molecule has 10 rings (SSSR count). The lowest BCUT2D eigenvalue weighted by Gasteiger charge is -2.35. The van der Waals surface area contributed by atoms with E-state index in [2.05, 4.69) is 42.9 Å². The number of nitrogens with zero attached hydrogens (tertiary/aromatic N) is 5. The maximum Gasteiger partial charge on any atom is 0.261 e. The molecule has 0 fully saturated rings. The smallest absolute Gasteiger partial charge is 0.261 e. The fourth-order valence-corrected chi connectivity index (χ4v) is 20.6. The van der Waals surface area contributed by atoms with Crippen LogP contribution < -0.4 is 0 Å². The summed E-state index contributed by atoms with van der Waals surface area (Å²) >= 11 is 14.7. The molecule has 5 heterocycles. The van der Waals surface area contributed by atoms with Gasteiger partial charge in [0.2, 0.25) is 0 Å². The molecule has 0 atom stereocenters. The number of hydrogen-bond donors (Lipinski definition) is 0. The minimum absolute atomic E-state index is 0.00495. The summed E-state index contributed by atoms with van der Waals surface area (Å²) in [4.78, 5) is 60.8. The molecule has 0 aliphatic carbocycles. The molecule has 68 heavy (non-hydrogen) atoms. The van der Waals surface area contributed by atoms with Crippen LogP contribution in [0, 0.1) is 0 Å². The standard InChI is InChI=1S/C51H51N5O4S8/c1-6-8-10-12-14-29(15-13-11-9-7-2)56-44(59)36-22-18-32-30-16-20-34-40-35(21-17-31(38(30)40)33-19-23-37(45(56)60)41(36)39(32)33)43(58)55(42(34)57)27-28-26-54(53-52-28)24-25-64-49-48(63-5)67-51(68-49)50-65-46(61-3)47(62-4)66-50/h16-23,26,29H,6-15,24-25,27H2,1-5H3. The first-order chi connectivity index (χ1) is 33.2. The number of rotatable bonds is 20. The lowest BCUT2D eigenvalue weighted by Crippen LogP contribution is -2.47. The number of imide groups is 2. The third-order valence-electron chi connectivity index (χ3n) is 13.2. The van der Waals surface area contributed by atoms with Gasteiger partial charge in [0.25, 0.3) is 23.6 Å². The van der Waals surface area contributed by atoms with Crippen molar-refractivity contribution < 1.29 is 19.2 Å². The second-order valence-corrected chi connectivity index (χ2v) is 26.4. The minimum atomic E-state index is -0.372. The Hall–Kier alpha value is -3.16. The fourth-order valence-electron chi connectivity index (χ4n) is 9.92. The molecule has 0 spiro atoms. The molecule has 1 aromatic heterocycles. The van der Waals surface area contributed by atoms with Crippen LogP contribution >= 0.6 is 94.1 Å². The number of aromatic nitrogens is 3. The number of unbranched alkanes of at least 4 members (excludes halogenated alkanes) is 6. The summed E-state index contributed by atoms with van der Waals surface area (Å²) in [5.74, 6) is -0.370. The first-order valence-electron chi connectivity index (χ1n) is 23.2. The van der Waals surface area contributed by atoms with Gasteiger partial charge in [-0.2, -0.15) is 0 Å².